The molecule has 0 spiro atoms. The molecule has 7 heteroatoms. The average molecular weight is 308 g/mol. The number of benzene rings is 2. The second kappa shape index (κ2) is 4.56. The van der Waals surface area contributed by atoms with Crippen LogP contribution in [-0.2, 0) is 15.6 Å². The van der Waals surface area contributed by atoms with E-state index in [-0.39, 0.29) is 27.7 Å². The summed E-state index contributed by atoms with van der Waals surface area (Å²) in [6, 6.07) is 7.14. The smallest absolute Gasteiger partial charge is 0.335 e. The standard InChI is InChI=1S/C14H9FO5S/c15-10-3-1-9-7-21(18,19)13-5-8(14(16)17)2-4-11(13)20-12(9)6-10/h1-6H,7H2,(H,16,17). The second-order valence-corrected chi connectivity index (χ2v) is 6.54. The number of hydrogen-bond acceptors (Lipinski definition) is 4. The fraction of sp³-hybridized carbons (Fsp3) is 0.0714. The van der Waals surface area contributed by atoms with Gasteiger partial charge in [-0.3, -0.25) is 0 Å². The van der Waals surface area contributed by atoms with Crippen molar-refractivity contribution in [3.63, 3.8) is 0 Å². The molecule has 0 amide bonds. The molecule has 1 aliphatic rings. The van der Waals surface area contributed by atoms with Gasteiger partial charge in [0.05, 0.1) is 11.3 Å². The van der Waals surface area contributed by atoms with Gasteiger partial charge in [0.25, 0.3) is 0 Å². The molecule has 108 valence electrons. The first-order chi connectivity index (χ1) is 9.87. The Morgan fingerprint density at radius 1 is 1.14 bits per heavy atom. The third kappa shape index (κ3) is 2.36. The molecule has 2 aromatic carbocycles. The van der Waals surface area contributed by atoms with Crippen molar-refractivity contribution in [2.45, 2.75) is 10.6 Å². The molecule has 0 saturated carbocycles. The average Bonchev–Trinajstić information content (AvgIpc) is 2.51. The highest BCUT2D eigenvalue weighted by Crippen LogP contribution is 2.38. The Hall–Kier alpha value is -2.41. The summed E-state index contributed by atoms with van der Waals surface area (Å²) in [6.07, 6.45) is 0. The molecule has 3 rings (SSSR count). The van der Waals surface area contributed by atoms with E-state index in [2.05, 4.69) is 0 Å². The van der Waals surface area contributed by atoms with Crippen LogP contribution in [0.3, 0.4) is 0 Å². The zero-order chi connectivity index (χ0) is 15.2. The predicted molar refractivity (Wildman–Crippen MR) is 70.8 cm³/mol. The molecular formula is C14H9FO5S. The quantitative estimate of drug-likeness (QED) is 0.876. The van der Waals surface area contributed by atoms with Gasteiger partial charge < -0.3 is 9.84 Å². The lowest BCUT2D eigenvalue weighted by Gasteiger charge is -2.08. The van der Waals surface area contributed by atoms with Gasteiger partial charge in [0.15, 0.2) is 9.84 Å². The molecule has 0 aliphatic carbocycles. The van der Waals surface area contributed by atoms with Crippen molar-refractivity contribution < 1.29 is 27.4 Å². The van der Waals surface area contributed by atoms with Crippen LogP contribution in [-0.4, -0.2) is 19.5 Å². The highest BCUT2D eigenvalue weighted by molar-refractivity contribution is 7.90. The minimum atomic E-state index is -3.77. The number of carbonyl (C=O) groups is 1. The van der Waals surface area contributed by atoms with E-state index in [1.807, 2.05) is 0 Å². The first-order valence-electron chi connectivity index (χ1n) is 5.93. The van der Waals surface area contributed by atoms with E-state index in [1.165, 1.54) is 18.2 Å². The lowest BCUT2D eigenvalue weighted by molar-refractivity contribution is 0.0696. The van der Waals surface area contributed by atoms with E-state index in [9.17, 15) is 17.6 Å². The monoisotopic (exact) mass is 308 g/mol. The summed E-state index contributed by atoms with van der Waals surface area (Å²) in [5.74, 6) is -2.05. The minimum absolute atomic E-state index is 0.00986. The van der Waals surface area contributed by atoms with Crippen molar-refractivity contribution in [3.05, 3.63) is 53.3 Å². The Bertz CT molecular complexity index is 858. The first-order valence-corrected chi connectivity index (χ1v) is 7.58. The van der Waals surface area contributed by atoms with Crippen LogP contribution in [0.4, 0.5) is 4.39 Å². The van der Waals surface area contributed by atoms with Crippen molar-refractivity contribution in [3.8, 4) is 11.5 Å². The van der Waals surface area contributed by atoms with Crippen molar-refractivity contribution in [1.82, 2.24) is 0 Å². The molecule has 0 radical (unpaired) electrons. The normalized spacial score (nSPS) is 15.3. The fourth-order valence-electron chi connectivity index (χ4n) is 2.11. The summed E-state index contributed by atoms with van der Waals surface area (Å²) >= 11 is 0. The number of hydrogen-bond donors (Lipinski definition) is 1. The molecule has 0 unspecified atom stereocenters. The Balaban J connectivity index is 2.23. The molecule has 2 aromatic rings. The van der Waals surface area contributed by atoms with Crippen LogP contribution in [0.15, 0.2) is 41.3 Å². The van der Waals surface area contributed by atoms with Gasteiger partial charge in [-0.1, -0.05) is 6.07 Å². The maximum absolute atomic E-state index is 13.3. The van der Waals surface area contributed by atoms with Crippen LogP contribution < -0.4 is 4.74 Å². The maximum atomic E-state index is 13.3. The van der Waals surface area contributed by atoms with Crippen LogP contribution in [0.2, 0.25) is 0 Å². The molecule has 0 saturated heterocycles. The van der Waals surface area contributed by atoms with Gasteiger partial charge in [-0.15, -0.1) is 0 Å². The highest BCUT2D eigenvalue weighted by Gasteiger charge is 2.28. The fourth-order valence-corrected chi connectivity index (χ4v) is 3.64. The van der Waals surface area contributed by atoms with E-state index >= 15 is 0 Å². The van der Waals surface area contributed by atoms with Gasteiger partial charge in [0.2, 0.25) is 0 Å². The van der Waals surface area contributed by atoms with Crippen LogP contribution in [0.1, 0.15) is 15.9 Å². The predicted octanol–water partition coefficient (Wildman–Crippen LogP) is 2.60. The Morgan fingerprint density at radius 2 is 1.90 bits per heavy atom. The van der Waals surface area contributed by atoms with Crippen molar-refractivity contribution >= 4 is 15.8 Å². The van der Waals surface area contributed by atoms with Crippen molar-refractivity contribution in [2.24, 2.45) is 0 Å². The molecule has 0 fully saturated rings. The molecule has 0 bridgehead atoms. The van der Waals surface area contributed by atoms with Crippen LogP contribution >= 0.6 is 0 Å². The largest absolute Gasteiger partial charge is 0.478 e. The Labute approximate surface area is 119 Å². The summed E-state index contributed by atoms with van der Waals surface area (Å²) in [5, 5.41) is 8.95. The number of ether oxygens (including phenoxy) is 1. The molecule has 0 atom stereocenters. The van der Waals surface area contributed by atoms with Gasteiger partial charge in [-0.2, -0.15) is 0 Å². The Kier molecular flexibility index (Phi) is 2.94. The molecular weight excluding hydrogens is 299 g/mol. The van der Waals surface area contributed by atoms with Crippen molar-refractivity contribution in [2.75, 3.05) is 0 Å². The summed E-state index contributed by atoms with van der Waals surface area (Å²) in [7, 11) is -3.77. The van der Waals surface area contributed by atoms with Gasteiger partial charge in [0, 0.05) is 11.6 Å². The number of halogens is 1. The molecule has 1 N–H and O–H groups in total. The summed E-state index contributed by atoms with van der Waals surface area (Å²) in [6.45, 7) is 0. The summed E-state index contributed by atoms with van der Waals surface area (Å²) < 4.78 is 43.4. The van der Waals surface area contributed by atoms with Gasteiger partial charge in [-0.25, -0.2) is 17.6 Å². The van der Waals surface area contributed by atoms with E-state index in [1.54, 1.807) is 0 Å². The zero-order valence-electron chi connectivity index (χ0n) is 10.5. The van der Waals surface area contributed by atoms with Gasteiger partial charge in [0.1, 0.15) is 22.2 Å². The molecule has 5 nitrogen and oxygen atoms in total. The Morgan fingerprint density at radius 3 is 2.62 bits per heavy atom. The zero-order valence-corrected chi connectivity index (χ0v) is 11.4. The third-order valence-corrected chi connectivity index (χ3v) is 4.80. The topological polar surface area (TPSA) is 80.7 Å². The van der Waals surface area contributed by atoms with E-state index in [0.29, 0.717) is 5.56 Å². The maximum Gasteiger partial charge on any atom is 0.335 e. The van der Waals surface area contributed by atoms with E-state index < -0.39 is 21.6 Å². The second-order valence-electron chi connectivity index (χ2n) is 4.58. The van der Waals surface area contributed by atoms with Gasteiger partial charge in [-0.05, 0) is 24.3 Å². The molecule has 21 heavy (non-hydrogen) atoms. The first kappa shape index (κ1) is 13.6. The highest BCUT2D eigenvalue weighted by atomic mass is 32.2. The van der Waals surface area contributed by atoms with E-state index in [0.717, 1.165) is 18.2 Å². The van der Waals surface area contributed by atoms with Crippen molar-refractivity contribution in [1.29, 1.82) is 0 Å². The van der Waals surface area contributed by atoms with Crippen LogP contribution in [0.25, 0.3) is 0 Å². The molecule has 1 aliphatic heterocycles. The van der Waals surface area contributed by atoms with Gasteiger partial charge >= 0.3 is 5.97 Å². The number of sulfone groups is 1. The number of rotatable bonds is 1. The number of aromatic carboxylic acids is 1. The SMILES string of the molecule is O=C(O)c1ccc2c(c1)S(=O)(=O)Cc1ccc(F)cc1O2. The lowest BCUT2D eigenvalue weighted by atomic mass is 10.2. The summed E-state index contributed by atoms with van der Waals surface area (Å²) in [5.41, 5.74) is 0.169. The van der Waals surface area contributed by atoms with E-state index in [4.69, 9.17) is 9.84 Å². The number of fused-ring (bicyclic) bond motifs is 2. The molecule has 1 heterocycles. The number of carboxylic acids is 1. The summed E-state index contributed by atoms with van der Waals surface area (Å²) in [4.78, 5) is 10.8. The van der Waals surface area contributed by atoms with Crippen LogP contribution in [0.5, 0.6) is 11.5 Å². The van der Waals surface area contributed by atoms with Crippen LogP contribution in [0, 0.1) is 5.82 Å². The molecule has 0 aromatic heterocycles. The number of carboxylic acid groups (broad SMARTS) is 1. The third-order valence-electron chi connectivity index (χ3n) is 3.12. The minimum Gasteiger partial charge on any atom is -0.478 e. The lowest BCUT2D eigenvalue weighted by Crippen LogP contribution is -2.05.